The third-order valence-corrected chi connectivity index (χ3v) is 4.38. The smallest absolute Gasteiger partial charge is 0.327 e. The number of urea groups is 1. The Balaban J connectivity index is 1.96. The molecule has 0 spiro atoms. The lowest BCUT2D eigenvalue weighted by Gasteiger charge is -2.30. The van der Waals surface area contributed by atoms with Crippen LogP contribution in [0.4, 0.5) is 16.2 Å². The number of methoxy groups -OCH3 is 1. The second kappa shape index (κ2) is 6.11. The van der Waals surface area contributed by atoms with Crippen LogP contribution in [0.25, 0.3) is 0 Å². The predicted octanol–water partition coefficient (Wildman–Crippen LogP) is 3.17. The molecule has 6 heteroatoms. The maximum absolute atomic E-state index is 12.5. The van der Waals surface area contributed by atoms with Gasteiger partial charge in [-0.05, 0) is 24.3 Å². The molecule has 2 amide bonds. The Hall–Kier alpha value is -2.47. The molecule has 1 heterocycles. The first-order valence-corrected chi connectivity index (χ1v) is 7.53. The largest absolute Gasteiger partial charge is 0.468 e. The number of hydrogen-bond acceptors (Lipinski definition) is 4. The lowest BCUT2D eigenvalue weighted by molar-refractivity contribution is -0.139. The van der Waals surface area contributed by atoms with E-state index in [1.54, 1.807) is 16.7 Å². The number of para-hydroxylation sites is 2. The van der Waals surface area contributed by atoms with Gasteiger partial charge in [-0.25, -0.2) is 4.79 Å². The van der Waals surface area contributed by atoms with Crippen molar-refractivity contribution in [2.24, 2.45) is 0 Å². The first-order chi connectivity index (χ1) is 10.7. The van der Waals surface area contributed by atoms with Gasteiger partial charge in [0.25, 0.3) is 0 Å². The van der Waals surface area contributed by atoms with E-state index >= 15 is 0 Å². The van der Waals surface area contributed by atoms with Crippen LogP contribution in [0.3, 0.4) is 0 Å². The summed E-state index contributed by atoms with van der Waals surface area (Å²) in [6, 6.07) is 15.0. The number of nitrogens with zero attached hydrogens (tertiary/aromatic N) is 1. The van der Waals surface area contributed by atoms with Crippen LogP contribution >= 0.6 is 11.8 Å². The highest BCUT2D eigenvalue weighted by Crippen LogP contribution is 2.47. The van der Waals surface area contributed by atoms with Crippen molar-refractivity contribution in [1.82, 2.24) is 5.32 Å². The average Bonchev–Trinajstić information content (AvgIpc) is 2.57. The molecule has 0 unspecified atom stereocenters. The number of ether oxygens (including phenoxy) is 1. The van der Waals surface area contributed by atoms with E-state index in [2.05, 4.69) is 10.1 Å². The van der Waals surface area contributed by atoms with Gasteiger partial charge >= 0.3 is 12.0 Å². The maximum Gasteiger partial charge on any atom is 0.327 e. The molecule has 1 aliphatic rings. The number of fused-ring (bicyclic) bond motifs is 2. The normalized spacial score (nSPS) is 12.1. The molecule has 1 aliphatic heterocycles. The van der Waals surface area contributed by atoms with Crippen molar-refractivity contribution in [1.29, 1.82) is 0 Å². The van der Waals surface area contributed by atoms with Crippen LogP contribution in [-0.2, 0) is 9.53 Å². The van der Waals surface area contributed by atoms with Gasteiger partial charge in [0.05, 0.1) is 18.5 Å². The first kappa shape index (κ1) is 14.5. The summed E-state index contributed by atoms with van der Waals surface area (Å²) in [5.41, 5.74) is 1.60. The van der Waals surface area contributed by atoms with E-state index in [0.717, 1.165) is 21.2 Å². The fourth-order valence-electron chi connectivity index (χ4n) is 2.22. The Morgan fingerprint density at radius 3 is 2.14 bits per heavy atom. The minimum atomic E-state index is -0.485. The van der Waals surface area contributed by atoms with Crippen molar-refractivity contribution in [3.8, 4) is 0 Å². The molecule has 112 valence electrons. The molecule has 0 aliphatic carbocycles. The van der Waals surface area contributed by atoms with Crippen LogP contribution in [0.15, 0.2) is 58.3 Å². The number of benzene rings is 2. The first-order valence-electron chi connectivity index (χ1n) is 6.71. The minimum absolute atomic E-state index is 0.163. The van der Waals surface area contributed by atoms with Gasteiger partial charge in [-0.1, -0.05) is 36.0 Å². The molecule has 0 fully saturated rings. The Labute approximate surface area is 132 Å². The zero-order valence-corrected chi connectivity index (χ0v) is 12.7. The molecule has 0 bridgehead atoms. The number of carbonyl (C=O) groups is 2. The highest BCUT2D eigenvalue weighted by molar-refractivity contribution is 7.99. The zero-order valence-electron chi connectivity index (χ0n) is 11.9. The van der Waals surface area contributed by atoms with E-state index in [0.29, 0.717) is 0 Å². The van der Waals surface area contributed by atoms with Crippen LogP contribution in [0.5, 0.6) is 0 Å². The average molecular weight is 314 g/mol. The van der Waals surface area contributed by atoms with Gasteiger partial charge in [0.15, 0.2) is 0 Å². The van der Waals surface area contributed by atoms with Gasteiger partial charge in [-0.15, -0.1) is 0 Å². The van der Waals surface area contributed by atoms with Crippen molar-refractivity contribution < 1.29 is 14.3 Å². The summed E-state index contributed by atoms with van der Waals surface area (Å²) in [7, 11) is 1.29. The highest BCUT2D eigenvalue weighted by Gasteiger charge is 2.27. The van der Waals surface area contributed by atoms with Crippen LogP contribution in [0.1, 0.15) is 0 Å². The van der Waals surface area contributed by atoms with Gasteiger partial charge in [-0.3, -0.25) is 9.69 Å². The standard InChI is InChI=1S/C16H14N2O3S/c1-21-15(19)10-17-16(20)18-11-6-2-4-8-13(11)22-14-9-5-3-7-12(14)18/h2-9H,10H2,1H3,(H,17,20). The van der Waals surface area contributed by atoms with Gasteiger partial charge in [0, 0.05) is 9.79 Å². The van der Waals surface area contributed by atoms with E-state index in [-0.39, 0.29) is 12.6 Å². The van der Waals surface area contributed by atoms with Crippen molar-refractivity contribution in [3.05, 3.63) is 48.5 Å². The molecule has 0 saturated carbocycles. The number of hydrogen-bond donors (Lipinski definition) is 1. The van der Waals surface area contributed by atoms with E-state index in [9.17, 15) is 9.59 Å². The summed E-state index contributed by atoms with van der Waals surface area (Å²) in [6.45, 7) is -0.163. The van der Waals surface area contributed by atoms with Gasteiger partial charge in [0.1, 0.15) is 6.54 Å². The van der Waals surface area contributed by atoms with Crippen LogP contribution in [0, 0.1) is 0 Å². The summed E-state index contributed by atoms with van der Waals surface area (Å²) in [5.74, 6) is -0.485. The molecule has 2 aromatic carbocycles. The molecule has 3 rings (SSSR count). The van der Waals surface area contributed by atoms with Crippen molar-refractivity contribution in [2.45, 2.75) is 9.79 Å². The lowest BCUT2D eigenvalue weighted by Crippen LogP contribution is -2.40. The molecule has 2 aromatic rings. The third-order valence-electron chi connectivity index (χ3n) is 3.25. The van der Waals surface area contributed by atoms with Crippen LogP contribution in [-0.4, -0.2) is 25.7 Å². The fraction of sp³-hybridized carbons (Fsp3) is 0.125. The lowest BCUT2D eigenvalue weighted by atomic mass is 10.2. The molecule has 0 aromatic heterocycles. The number of nitrogens with one attached hydrogen (secondary N) is 1. The summed E-state index contributed by atoms with van der Waals surface area (Å²) in [4.78, 5) is 27.3. The van der Waals surface area contributed by atoms with Crippen molar-refractivity contribution in [3.63, 3.8) is 0 Å². The van der Waals surface area contributed by atoms with Gasteiger partial charge in [-0.2, -0.15) is 0 Å². The quantitative estimate of drug-likeness (QED) is 0.865. The second-order valence-electron chi connectivity index (χ2n) is 4.61. The predicted molar refractivity (Wildman–Crippen MR) is 84.6 cm³/mol. The van der Waals surface area contributed by atoms with E-state index in [1.807, 2.05) is 48.5 Å². The molecule has 1 N–H and O–H groups in total. The van der Waals surface area contributed by atoms with Crippen LogP contribution < -0.4 is 10.2 Å². The topological polar surface area (TPSA) is 58.6 Å². The summed E-state index contributed by atoms with van der Waals surface area (Å²) in [5, 5.41) is 2.59. The fourth-order valence-corrected chi connectivity index (χ4v) is 3.28. The minimum Gasteiger partial charge on any atom is -0.468 e. The summed E-state index contributed by atoms with van der Waals surface area (Å²) < 4.78 is 4.55. The van der Waals surface area contributed by atoms with Crippen molar-refractivity contribution >= 4 is 35.1 Å². The molecule has 5 nitrogen and oxygen atoms in total. The van der Waals surface area contributed by atoms with Crippen molar-refractivity contribution in [2.75, 3.05) is 18.6 Å². The van der Waals surface area contributed by atoms with E-state index < -0.39 is 5.97 Å². The molecule has 0 saturated heterocycles. The number of rotatable bonds is 2. The zero-order chi connectivity index (χ0) is 15.5. The molecule has 0 radical (unpaired) electrons. The van der Waals surface area contributed by atoms with E-state index in [4.69, 9.17) is 0 Å². The van der Waals surface area contributed by atoms with E-state index in [1.165, 1.54) is 7.11 Å². The summed E-state index contributed by atoms with van der Waals surface area (Å²) >= 11 is 1.62. The maximum atomic E-state index is 12.5. The monoisotopic (exact) mass is 314 g/mol. The molecule has 0 atom stereocenters. The molecular weight excluding hydrogens is 300 g/mol. The Morgan fingerprint density at radius 2 is 1.59 bits per heavy atom. The number of amides is 2. The molecular formula is C16H14N2O3S. The van der Waals surface area contributed by atoms with Crippen LogP contribution in [0.2, 0.25) is 0 Å². The van der Waals surface area contributed by atoms with Gasteiger partial charge in [0.2, 0.25) is 0 Å². The van der Waals surface area contributed by atoms with Gasteiger partial charge < -0.3 is 10.1 Å². The Morgan fingerprint density at radius 1 is 1.05 bits per heavy atom. The Bertz CT molecular complexity index is 687. The number of anilines is 2. The summed E-state index contributed by atoms with van der Waals surface area (Å²) in [6.07, 6.45) is 0. The Kier molecular flexibility index (Phi) is 4.02. The number of carbonyl (C=O) groups excluding carboxylic acids is 2. The molecule has 22 heavy (non-hydrogen) atoms. The number of esters is 1. The third kappa shape index (κ3) is 2.65. The second-order valence-corrected chi connectivity index (χ2v) is 5.69. The highest BCUT2D eigenvalue weighted by atomic mass is 32.2. The SMILES string of the molecule is COC(=O)CNC(=O)N1c2ccccc2Sc2ccccc21.